The predicted octanol–water partition coefficient (Wildman–Crippen LogP) is 4.90. The maximum atomic E-state index is 13.1. The number of nitrogens with one attached hydrogen (secondary N) is 2. The van der Waals surface area contributed by atoms with Crippen LogP contribution in [0.2, 0.25) is 0 Å². The molecule has 6 heteroatoms. The number of allylic oxidation sites excluding steroid dienone is 1. The summed E-state index contributed by atoms with van der Waals surface area (Å²) in [6, 6.07) is 11.5. The van der Waals surface area contributed by atoms with Crippen molar-refractivity contribution in [1.82, 2.24) is 15.5 Å². The van der Waals surface area contributed by atoms with Crippen LogP contribution in [0.5, 0.6) is 11.5 Å². The molecule has 6 nitrogen and oxygen atoms in total. The topological polar surface area (TPSA) is 76.2 Å². The molecule has 0 radical (unpaired) electrons. The average Bonchev–Trinajstić information content (AvgIpc) is 3.39. The van der Waals surface area contributed by atoms with Crippen LogP contribution in [0.25, 0.3) is 17.0 Å². The van der Waals surface area contributed by atoms with E-state index in [1.54, 1.807) is 19.3 Å². The molecule has 2 aromatic carbocycles. The van der Waals surface area contributed by atoms with E-state index in [2.05, 4.69) is 15.5 Å². The van der Waals surface area contributed by atoms with Gasteiger partial charge in [0.25, 0.3) is 0 Å². The number of aromatic amines is 1. The van der Waals surface area contributed by atoms with Gasteiger partial charge in [-0.1, -0.05) is 31.0 Å². The Morgan fingerprint density at radius 3 is 2.84 bits per heavy atom. The molecule has 2 aliphatic heterocycles. The molecule has 0 atom stereocenters. The highest BCUT2D eigenvalue weighted by Gasteiger charge is 2.31. The number of para-hydroxylation sites is 1. The second-order valence-corrected chi connectivity index (χ2v) is 8.66. The van der Waals surface area contributed by atoms with Gasteiger partial charge < -0.3 is 14.8 Å². The lowest BCUT2D eigenvalue weighted by Gasteiger charge is -2.22. The van der Waals surface area contributed by atoms with E-state index in [-0.39, 0.29) is 5.78 Å². The molecule has 0 spiro atoms. The summed E-state index contributed by atoms with van der Waals surface area (Å²) in [6.07, 6.45) is 8.61. The minimum Gasteiger partial charge on any atom is -0.496 e. The second-order valence-electron chi connectivity index (χ2n) is 8.66. The Morgan fingerprint density at radius 2 is 2.00 bits per heavy atom. The van der Waals surface area contributed by atoms with Crippen molar-refractivity contribution >= 4 is 22.8 Å². The number of fused-ring (bicyclic) bond motifs is 2. The maximum Gasteiger partial charge on any atom is 0.232 e. The van der Waals surface area contributed by atoms with Crippen molar-refractivity contribution in [2.24, 2.45) is 5.92 Å². The van der Waals surface area contributed by atoms with Gasteiger partial charge in [0.15, 0.2) is 5.76 Å². The molecule has 0 aliphatic carbocycles. The van der Waals surface area contributed by atoms with Gasteiger partial charge in [-0.05, 0) is 62.9 Å². The van der Waals surface area contributed by atoms with E-state index in [0.717, 1.165) is 54.1 Å². The summed E-state index contributed by atoms with van der Waals surface area (Å²) in [5, 5.41) is 11.8. The number of benzene rings is 2. The molecule has 5 rings (SSSR count). The second kappa shape index (κ2) is 9.17. The predicted molar refractivity (Wildman–Crippen MR) is 125 cm³/mol. The Kier molecular flexibility index (Phi) is 5.95. The number of methoxy groups -OCH3 is 1. The lowest BCUT2D eigenvalue weighted by molar-refractivity contribution is 0.101. The molecule has 32 heavy (non-hydrogen) atoms. The molecule has 1 fully saturated rings. The van der Waals surface area contributed by atoms with Gasteiger partial charge in [-0.25, -0.2) is 0 Å². The van der Waals surface area contributed by atoms with Crippen LogP contribution in [0.1, 0.15) is 53.7 Å². The highest BCUT2D eigenvalue weighted by atomic mass is 16.5. The SMILES string of the molecule is COc1ccc2c(c1CCCCC1CCNCC1)OC(=Cc1n[nH]c3ccccc13)C2=O. The minimum atomic E-state index is -0.106. The zero-order valence-corrected chi connectivity index (χ0v) is 18.4. The molecule has 0 unspecified atom stereocenters. The summed E-state index contributed by atoms with van der Waals surface area (Å²) < 4.78 is 11.7. The van der Waals surface area contributed by atoms with Crippen molar-refractivity contribution in [2.45, 2.75) is 38.5 Å². The van der Waals surface area contributed by atoms with Gasteiger partial charge in [-0.3, -0.25) is 9.89 Å². The van der Waals surface area contributed by atoms with Gasteiger partial charge in [-0.15, -0.1) is 0 Å². The van der Waals surface area contributed by atoms with Crippen molar-refractivity contribution in [3.63, 3.8) is 0 Å². The number of aromatic nitrogens is 2. The number of piperidine rings is 1. The summed E-state index contributed by atoms with van der Waals surface area (Å²) in [5.74, 6) is 2.45. The first-order valence-electron chi connectivity index (χ1n) is 11.5. The molecular formula is C26H29N3O3. The van der Waals surface area contributed by atoms with Crippen LogP contribution >= 0.6 is 0 Å². The number of carbonyl (C=O) groups is 1. The number of nitrogens with zero attached hydrogens (tertiary/aromatic N) is 1. The van der Waals surface area contributed by atoms with Crippen LogP contribution in [0, 0.1) is 5.92 Å². The van der Waals surface area contributed by atoms with E-state index in [1.165, 1.54) is 25.7 Å². The van der Waals surface area contributed by atoms with E-state index in [1.807, 2.05) is 30.3 Å². The Labute approximate surface area is 188 Å². The van der Waals surface area contributed by atoms with Gasteiger partial charge in [-0.2, -0.15) is 5.10 Å². The van der Waals surface area contributed by atoms with Crippen molar-refractivity contribution < 1.29 is 14.3 Å². The van der Waals surface area contributed by atoms with Gasteiger partial charge in [0.05, 0.1) is 23.9 Å². The smallest absolute Gasteiger partial charge is 0.232 e. The number of Topliss-reactive ketones (excluding diaryl/α,β-unsaturated/α-hetero) is 1. The van der Waals surface area contributed by atoms with Crippen LogP contribution in [0.4, 0.5) is 0 Å². The standard InChI is InChI=1S/C26H29N3O3/c1-31-23-11-10-20-25(30)24(16-22-18-7-4-5-9-21(18)28-29-22)32-26(20)19(23)8-3-2-6-17-12-14-27-15-13-17/h4-5,7,9-11,16-17,27H,2-3,6,8,12-15H2,1H3,(H,28,29). The van der Waals surface area contributed by atoms with Crippen molar-refractivity contribution in [1.29, 1.82) is 0 Å². The zero-order valence-electron chi connectivity index (χ0n) is 18.4. The monoisotopic (exact) mass is 431 g/mol. The molecule has 3 heterocycles. The highest BCUT2D eigenvalue weighted by molar-refractivity contribution is 6.15. The van der Waals surface area contributed by atoms with E-state index in [4.69, 9.17) is 9.47 Å². The number of hydrogen-bond donors (Lipinski definition) is 2. The van der Waals surface area contributed by atoms with E-state index >= 15 is 0 Å². The normalized spacial score (nSPS) is 17.7. The lowest BCUT2D eigenvalue weighted by atomic mass is 9.91. The fourth-order valence-corrected chi connectivity index (χ4v) is 4.84. The summed E-state index contributed by atoms with van der Waals surface area (Å²) in [4.78, 5) is 13.1. The number of ketones is 1. The first kappa shape index (κ1) is 20.8. The summed E-state index contributed by atoms with van der Waals surface area (Å²) >= 11 is 0. The van der Waals surface area contributed by atoms with Gasteiger partial charge in [0.2, 0.25) is 5.78 Å². The summed E-state index contributed by atoms with van der Waals surface area (Å²) in [7, 11) is 1.67. The molecule has 2 N–H and O–H groups in total. The molecule has 1 saturated heterocycles. The average molecular weight is 432 g/mol. The molecule has 166 valence electrons. The third-order valence-corrected chi connectivity index (χ3v) is 6.63. The number of ether oxygens (including phenoxy) is 2. The molecule has 3 aromatic rings. The largest absolute Gasteiger partial charge is 0.496 e. The number of unbranched alkanes of at least 4 members (excludes halogenated alkanes) is 1. The third kappa shape index (κ3) is 4.02. The van der Waals surface area contributed by atoms with Crippen LogP contribution in [-0.4, -0.2) is 36.2 Å². The molecular weight excluding hydrogens is 402 g/mol. The molecule has 2 aliphatic rings. The van der Waals surface area contributed by atoms with Gasteiger partial charge >= 0.3 is 0 Å². The van der Waals surface area contributed by atoms with Crippen LogP contribution in [0.3, 0.4) is 0 Å². The Hall–Kier alpha value is -3.12. The number of hydrogen-bond acceptors (Lipinski definition) is 5. The first-order chi connectivity index (χ1) is 15.7. The number of carbonyl (C=O) groups excluding carboxylic acids is 1. The van der Waals surface area contributed by atoms with Crippen molar-refractivity contribution in [3.05, 3.63) is 59.0 Å². The fraction of sp³-hybridized carbons (Fsp3) is 0.385. The zero-order chi connectivity index (χ0) is 21.9. The van der Waals surface area contributed by atoms with Gasteiger partial charge in [0.1, 0.15) is 11.5 Å². The van der Waals surface area contributed by atoms with E-state index in [0.29, 0.717) is 22.8 Å². The van der Waals surface area contributed by atoms with Crippen molar-refractivity contribution in [3.8, 4) is 11.5 Å². The fourth-order valence-electron chi connectivity index (χ4n) is 4.84. The molecule has 0 saturated carbocycles. The van der Waals surface area contributed by atoms with Crippen LogP contribution < -0.4 is 14.8 Å². The Bertz CT molecular complexity index is 1160. The van der Waals surface area contributed by atoms with Crippen LogP contribution in [0.15, 0.2) is 42.2 Å². The number of rotatable bonds is 7. The first-order valence-corrected chi connectivity index (χ1v) is 11.5. The minimum absolute atomic E-state index is 0.106. The highest BCUT2D eigenvalue weighted by Crippen LogP contribution is 2.41. The molecule has 1 aromatic heterocycles. The quantitative estimate of drug-likeness (QED) is 0.411. The Morgan fingerprint density at radius 1 is 1.16 bits per heavy atom. The third-order valence-electron chi connectivity index (χ3n) is 6.63. The molecule has 0 bridgehead atoms. The van der Waals surface area contributed by atoms with Crippen LogP contribution in [-0.2, 0) is 6.42 Å². The Balaban J connectivity index is 1.35. The van der Waals surface area contributed by atoms with E-state index in [9.17, 15) is 4.79 Å². The lowest BCUT2D eigenvalue weighted by Crippen LogP contribution is -2.27. The molecule has 0 amide bonds. The number of H-pyrrole nitrogens is 1. The maximum absolute atomic E-state index is 13.1. The summed E-state index contributed by atoms with van der Waals surface area (Å²) in [6.45, 7) is 2.28. The summed E-state index contributed by atoms with van der Waals surface area (Å²) in [5.41, 5.74) is 3.22. The van der Waals surface area contributed by atoms with E-state index < -0.39 is 0 Å². The van der Waals surface area contributed by atoms with Crippen molar-refractivity contribution in [2.75, 3.05) is 20.2 Å². The van der Waals surface area contributed by atoms with Gasteiger partial charge in [0, 0.05) is 17.0 Å².